The molecule has 6 nitrogen and oxygen atoms in total. The topological polar surface area (TPSA) is 78.9 Å². The van der Waals surface area contributed by atoms with Crippen molar-refractivity contribution in [2.45, 2.75) is 50.3 Å². The summed E-state index contributed by atoms with van der Waals surface area (Å²) in [6, 6.07) is 0. The molecule has 0 N–H and O–H groups in total. The van der Waals surface area contributed by atoms with Crippen LogP contribution >= 0.6 is 31.9 Å². The third-order valence-corrected chi connectivity index (χ3v) is 4.83. The van der Waals surface area contributed by atoms with Gasteiger partial charge in [-0.3, -0.25) is 14.4 Å². The summed E-state index contributed by atoms with van der Waals surface area (Å²) in [5.41, 5.74) is 0. The zero-order chi connectivity index (χ0) is 16.2. The summed E-state index contributed by atoms with van der Waals surface area (Å²) in [5.74, 6) is -1.54. The van der Waals surface area contributed by atoms with Gasteiger partial charge in [-0.15, -0.1) is 0 Å². The van der Waals surface area contributed by atoms with E-state index in [1.54, 1.807) is 0 Å². The Morgan fingerprint density at radius 2 is 1.33 bits per heavy atom. The molecule has 5 atom stereocenters. The zero-order valence-electron chi connectivity index (χ0n) is 12.0. The lowest BCUT2D eigenvalue weighted by Crippen LogP contribution is -2.56. The predicted molar refractivity (Wildman–Crippen MR) is 81.3 cm³/mol. The lowest BCUT2D eigenvalue weighted by molar-refractivity contribution is -0.193. The maximum absolute atomic E-state index is 11.3. The highest BCUT2D eigenvalue weighted by Gasteiger charge is 2.49. The normalized spacial score (nSPS) is 32.1. The summed E-state index contributed by atoms with van der Waals surface area (Å²) >= 11 is 6.83. The van der Waals surface area contributed by atoms with Gasteiger partial charge in [0.25, 0.3) is 0 Å². The molecule has 8 heteroatoms. The maximum Gasteiger partial charge on any atom is 0.303 e. The molecule has 0 bridgehead atoms. The van der Waals surface area contributed by atoms with Crippen molar-refractivity contribution in [2.75, 3.05) is 5.33 Å². The van der Waals surface area contributed by atoms with Crippen molar-refractivity contribution in [2.24, 2.45) is 5.92 Å². The van der Waals surface area contributed by atoms with Crippen LogP contribution in [0.5, 0.6) is 0 Å². The molecule has 1 rings (SSSR count). The summed E-state index contributed by atoms with van der Waals surface area (Å²) in [6.45, 7) is 3.83. The van der Waals surface area contributed by atoms with E-state index in [1.807, 2.05) is 0 Å². The van der Waals surface area contributed by atoms with Crippen LogP contribution in [0.25, 0.3) is 0 Å². The van der Waals surface area contributed by atoms with Gasteiger partial charge in [-0.2, -0.15) is 0 Å². The first-order valence-corrected chi connectivity index (χ1v) is 8.51. The molecular weight excluding hydrogens is 412 g/mol. The lowest BCUT2D eigenvalue weighted by atomic mass is 9.83. The molecule has 1 aliphatic carbocycles. The summed E-state index contributed by atoms with van der Waals surface area (Å²) in [7, 11) is 0. The predicted octanol–water partition coefficient (Wildman–Crippen LogP) is 1.96. The minimum atomic E-state index is -0.837. The van der Waals surface area contributed by atoms with Crippen molar-refractivity contribution in [1.29, 1.82) is 0 Å². The van der Waals surface area contributed by atoms with Gasteiger partial charge >= 0.3 is 17.9 Å². The number of rotatable bonds is 4. The van der Waals surface area contributed by atoms with E-state index in [0.29, 0.717) is 11.8 Å². The van der Waals surface area contributed by atoms with Crippen LogP contribution < -0.4 is 0 Å². The second kappa shape index (κ2) is 8.12. The second-order valence-electron chi connectivity index (χ2n) is 4.89. The van der Waals surface area contributed by atoms with E-state index < -0.39 is 36.2 Å². The number of alkyl halides is 2. The van der Waals surface area contributed by atoms with Crippen LogP contribution in [0.3, 0.4) is 0 Å². The molecule has 0 spiro atoms. The van der Waals surface area contributed by atoms with Gasteiger partial charge in [0.05, 0.1) is 4.83 Å². The SMILES string of the molecule is CC(=O)O[C@@H]1[C@@H](OC(C)=O)[C@@H](Br)C[C@@H](CBr)[C@@H]1OC(C)=O. The van der Waals surface area contributed by atoms with Crippen LogP contribution in [0, 0.1) is 5.92 Å². The molecule has 21 heavy (non-hydrogen) atoms. The first-order valence-electron chi connectivity index (χ1n) is 6.48. The van der Waals surface area contributed by atoms with Crippen molar-refractivity contribution >= 4 is 49.8 Å². The van der Waals surface area contributed by atoms with Crippen LogP contribution in [0.4, 0.5) is 0 Å². The number of ether oxygens (including phenoxy) is 3. The third-order valence-electron chi connectivity index (χ3n) is 3.10. The van der Waals surface area contributed by atoms with E-state index in [0.717, 1.165) is 0 Å². The number of carbonyl (C=O) groups excluding carboxylic acids is 3. The molecule has 1 aliphatic rings. The molecule has 0 unspecified atom stereocenters. The molecule has 0 aromatic carbocycles. The van der Waals surface area contributed by atoms with E-state index in [2.05, 4.69) is 31.9 Å². The molecule has 0 radical (unpaired) electrons. The van der Waals surface area contributed by atoms with E-state index in [1.165, 1.54) is 20.8 Å². The average molecular weight is 430 g/mol. The number of hydrogen-bond donors (Lipinski definition) is 0. The van der Waals surface area contributed by atoms with Crippen LogP contribution in [-0.2, 0) is 28.6 Å². The van der Waals surface area contributed by atoms with Crippen LogP contribution in [0.1, 0.15) is 27.2 Å². The molecule has 0 saturated heterocycles. The largest absolute Gasteiger partial charge is 0.458 e. The Morgan fingerprint density at radius 3 is 1.76 bits per heavy atom. The van der Waals surface area contributed by atoms with Crippen LogP contribution in [-0.4, -0.2) is 46.4 Å². The minimum Gasteiger partial charge on any atom is -0.458 e. The Morgan fingerprint density at radius 1 is 0.905 bits per heavy atom. The van der Waals surface area contributed by atoms with Gasteiger partial charge in [0.2, 0.25) is 0 Å². The molecule has 1 fully saturated rings. The van der Waals surface area contributed by atoms with Crippen molar-refractivity contribution < 1.29 is 28.6 Å². The second-order valence-corrected chi connectivity index (χ2v) is 6.71. The quantitative estimate of drug-likeness (QED) is 0.386. The number of carbonyl (C=O) groups is 3. The molecule has 0 amide bonds. The van der Waals surface area contributed by atoms with Gasteiger partial charge in [-0.05, 0) is 6.42 Å². The highest BCUT2D eigenvalue weighted by molar-refractivity contribution is 9.09. The van der Waals surface area contributed by atoms with E-state index in [4.69, 9.17) is 14.2 Å². The fraction of sp³-hybridized carbons (Fsp3) is 0.769. The Kier molecular flexibility index (Phi) is 7.12. The molecule has 1 saturated carbocycles. The van der Waals surface area contributed by atoms with Gasteiger partial charge in [0, 0.05) is 32.0 Å². The summed E-state index contributed by atoms with van der Waals surface area (Å²) in [5, 5.41) is 0.567. The Balaban J connectivity index is 3.08. The first kappa shape index (κ1) is 18.4. The Bertz CT molecular complexity index is 413. The van der Waals surface area contributed by atoms with Gasteiger partial charge in [0.15, 0.2) is 12.2 Å². The maximum atomic E-state index is 11.3. The van der Waals surface area contributed by atoms with E-state index >= 15 is 0 Å². The monoisotopic (exact) mass is 428 g/mol. The zero-order valence-corrected chi connectivity index (χ0v) is 15.2. The van der Waals surface area contributed by atoms with Crippen LogP contribution in [0.2, 0.25) is 0 Å². The molecule has 0 aromatic rings. The fourth-order valence-corrected chi connectivity index (χ4v) is 3.90. The van der Waals surface area contributed by atoms with Gasteiger partial charge in [-0.25, -0.2) is 0 Å². The van der Waals surface area contributed by atoms with Crippen molar-refractivity contribution in [3.8, 4) is 0 Å². The van der Waals surface area contributed by atoms with Gasteiger partial charge in [0.1, 0.15) is 6.10 Å². The van der Waals surface area contributed by atoms with Crippen molar-refractivity contribution in [3.63, 3.8) is 0 Å². The summed E-state index contributed by atoms with van der Waals surface area (Å²) in [6.07, 6.45) is -1.59. The number of esters is 3. The van der Waals surface area contributed by atoms with Gasteiger partial charge in [-0.1, -0.05) is 31.9 Å². The molecule has 0 heterocycles. The Labute approximate surface area is 140 Å². The summed E-state index contributed by atoms with van der Waals surface area (Å²) < 4.78 is 15.8. The number of hydrogen-bond acceptors (Lipinski definition) is 6. The first-order chi connectivity index (χ1) is 9.76. The van der Waals surface area contributed by atoms with Crippen LogP contribution in [0.15, 0.2) is 0 Å². The molecule has 120 valence electrons. The van der Waals surface area contributed by atoms with E-state index in [-0.39, 0.29) is 10.7 Å². The summed E-state index contributed by atoms with van der Waals surface area (Å²) in [4.78, 5) is 33.7. The van der Waals surface area contributed by atoms with Gasteiger partial charge < -0.3 is 14.2 Å². The Hall–Kier alpha value is -0.630. The standard InChI is InChI=1S/C13H18Br2O6/c1-6(16)19-11-9(5-14)4-10(15)12(20-7(2)17)13(11)21-8(3)18/h9-13H,4-5H2,1-3H3/t9-,10-,11-,12-,13-/m0/s1. The smallest absolute Gasteiger partial charge is 0.303 e. The molecule has 0 aliphatic heterocycles. The van der Waals surface area contributed by atoms with Crippen molar-refractivity contribution in [1.82, 2.24) is 0 Å². The molecule has 0 aromatic heterocycles. The van der Waals surface area contributed by atoms with E-state index in [9.17, 15) is 14.4 Å². The number of halogens is 2. The third kappa shape index (κ3) is 5.25. The molecular formula is C13H18Br2O6. The highest BCUT2D eigenvalue weighted by Crippen LogP contribution is 2.36. The minimum absolute atomic E-state index is 0.0607. The average Bonchev–Trinajstić information content (AvgIpc) is 2.35. The van der Waals surface area contributed by atoms with Crippen molar-refractivity contribution in [3.05, 3.63) is 0 Å². The lowest BCUT2D eigenvalue weighted by Gasteiger charge is -2.42. The highest BCUT2D eigenvalue weighted by atomic mass is 79.9. The fourth-order valence-electron chi connectivity index (χ4n) is 2.38.